The van der Waals surface area contributed by atoms with E-state index in [-0.39, 0.29) is 5.13 Å². The first-order valence-corrected chi connectivity index (χ1v) is 7.14. The second-order valence-corrected chi connectivity index (χ2v) is 5.18. The molecule has 4 nitrogen and oxygen atoms in total. The highest BCUT2D eigenvalue weighted by Crippen LogP contribution is 2.25. The SMILES string of the molecule is O=C(Nc1nc(-c2ccncc2)cs1)c1c(F)cccc1F. The van der Waals surface area contributed by atoms with Gasteiger partial charge < -0.3 is 0 Å². The van der Waals surface area contributed by atoms with Crippen molar-refractivity contribution in [1.82, 2.24) is 9.97 Å². The average molecular weight is 317 g/mol. The maximum atomic E-state index is 13.5. The Balaban J connectivity index is 1.82. The molecule has 0 unspecified atom stereocenters. The van der Waals surface area contributed by atoms with E-state index < -0.39 is 23.1 Å². The molecule has 0 aliphatic heterocycles. The molecule has 1 N–H and O–H groups in total. The Morgan fingerprint density at radius 2 is 1.77 bits per heavy atom. The number of pyridine rings is 1. The third kappa shape index (κ3) is 2.84. The Labute approximate surface area is 128 Å². The van der Waals surface area contributed by atoms with Gasteiger partial charge in [-0.2, -0.15) is 0 Å². The van der Waals surface area contributed by atoms with E-state index in [1.165, 1.54) is 17.4 Å². The number of halogens is 2. The summed E-state index contributed by atoms with van der Waals surface area (Å²) in [5.74, 6) is -2.70. The summed E-state index contributed by atoms with van der Waals surface area (Å²) in [6.07, 6.45) is 3.25. The van der Waals surface area contributed by atoms with Gasteiger partial charge in [0.1, 0.15) is 17.2 Å². The second kappa shape index (κ2) is 5.98. The number of nitrogens with zero attached hydrogens (tertiary/aromatic N) is 2. The Morgan fingerprint density at radius 1 is 1.09 bits per heavy atom. The van der Waals surface area contributed by atoms with Crippen LogP contribution in [0.1, 0.15) is 10.4 Å². The lowest BCUT2D eigenvalue weighted by Crippen LogP contribution is -2.15. The highest BCUT2D eigenvalue weighted by Gasteiger charge is 2.18. The van der Waals surface area contributed by atoms with E-state index in [0.29, 0.717) is 5.69 Å². The van der Waals surface area contributed by atoms with Gasteiger partial charge in [0.05, 0.1) is 5.69 Å². The molecule has 1 aromatic carbocycles. The topological polar surface area (TPSA) is 54.9 Å². The molecule has 0 saturated heterocycles. The Kier molecular flexibility index (Phi) is 3.88. The van der Waals surface area contributed by atoms with Gasteiger partial charge in [-0.05, 0) is 24.3 Å². The fourth-order valence-electron chi connectivity index (χ4n) is 1.86. The first kappa shape index (κ1) is 14.3. The number of rotatable bonds is 3. The monoisotopic (exact) mass is 317 g/mol. The quantitative estimate of drug-likeness (QED) is 0.800. The van der Waals surface area contributed by atoms with Crippen LogP contribution < -0.4 is 5.32 Å². The van der Waals surface area contributed by atoms with Crippen molar-refractivity contribution in [2.75, 3.05) is 5.32 Å². The van der Waals surface area contributed by atoms with E-state index in [1.807, 2.05) is 0 Å². The number of amides is 1. The van der Waals surface area contributed by atoms with Gasteiger partial charge in [0.15, 0.2) is 5.13 Å². The van der Waals surface area contributed by atoms with Crippen molar-refractivity contribution in [1.29, 1.82) is 0 Å². The van der Waals surface area contributed by atoms with Gasteiger partial charge >= 0.3 is 0 Å². The molecular formula is C15H9F2N3OS. The minimum Gasteiger partial charge on any atom is -0.298 e. The Hall–Kier alpha value is -2.67. The van der Waals surface area contributed by atoms with E-state index in [4.69, 9.17) is 0 Å². The number of nitrogens with one attached hydrogen (secondary N) is 1. The summed E-state index contributed by atoms with van der Waals surface area (Å²) in [5.41, 5.74) is 0.865. The average Bonchev–Trinajstić information content (AvgIpc) is 2.96. The summed E-state index contributed by atoms with van der Waals surface area (Å²) in [6.45, 7) is 0. The fraction of sp³-hybridized carbons (Fsp3) is 0. The van der Waals surface area contributed by atoms with E-state index >= 15 is 0 Å². The number of benzene rings is 1. The number of anilines is 1. The molecule has 0 atom stereocenters. The molecule has 0 bridgehead atoms. The highest BCUT2D eigenvalue weighted by atomic mass is 32.1. The molecule has 7 heteroatoms. The molecule has 0 aliphatic carbocycles. The zero-order valence-electron chi connectivity index (χ0n) is 11.1. The Morgan fingerprint density at radius 3 is 2.45 bits per heavy atom. The van der Waals surface area contributed by atoms with Gasteiger partial charge in [0.2, 0.25) is 0 Å². The summed E-state index contributed by atoms with van der Waals surface area (Å²) in [5, 5.41) is 4.41. The molecule has 110 valence electrons. The van der Waals surface area contributed by atoms with E-state index in [9.17, 15) is 13.6 Å². The third-order valence-corrected chi connectivity index (χ3v) is 3.65. The van der Waals surface area contributed by atoms with Crippen LogP contribution in [0.5, 0.6) is 0 Å². The normalized spacial score (nSPS) is 10.5. The van der Waals surface area contributed by atoms with E-state index in [2.05, 4.69) is 15.3 Å². The summed E-state index contributed by atoms with van der Waals surface area (Å²) in [7, 11) is 0. The Bertz CT molecular complexity index is 800. The molecule has 0 radical (unpaired) electrons. The molecule has 22 heavy (non-hydrogen) atoms. The van der Waals surface area contributed by atoms with Crippen LogP contribution in [0.15, 0.2) is 48.1 Å². The van der Waals surface area contributed by atoms with Crippen molar-refractivity contribution in [2.24, 2.45) is 0 Å². The molecule has 3 aromatic rings. The van der Waals surface area contributed by atoms with Crippen molar-refractivity contribution in [3.05, 3.63) is 65.3 Å². The molecule has 3 rings (SSSR count). The fourth-order valence-corrected chi connectivity index (χ4v) is 2.58. The third-order valence-electron chi connectivity index (χ3n) is 2.89. The van der Waals surface area contributed by atoms with Gasteiger partial charge in [-0.3, -0.25) is 15.1 Å². The molecule has 2 aromatic heterocycles. The lowest BCUT2D eigenvalue weighted by molar-refractivity contribution is 0.101. The first-order chi connectivity index (χ1) is 10.6. The van der Waals surface area contributed by atoms with Crippen LogP contribution in [0.4, 0.5) is 13.9 Å². The van der Waals surface area contributed by atoms with Crippen molar-refractivity contribution < 1.29 is 13.6 Å². The molecule has 1 amide bonds. The lowest BCUT2D eigenvalue weighted by atomic mass is 10.2. The highest BCUT2D eigenvalue weighted by molar-refractivity contribution is 7.14. The minimum absolute atomic E-state index is 0.263. The summed E-state index contributed by atoms with van der Waals surface area (Å²) >= 11 is 1.17. The first-order valence-electron chi connectivity index (χ1n) is 6.26. The molecule has 0 fully saturated rings. The zero-order chi connectivity index (χ0) is 15.5. The number of carbonyl (C=O) groups is 1. The molecule has 0 aliphatic rings. The number of hydrogen-bond acceptors (Lipinski definition) is 4. The smallest absolute Gasteiger partial charge is 0.263 e. The van der Waals surface area contributed by atoms with Crippen LogP contribution in [0.25, 0.3) is 11.3 Å². The lowest BCUT2D eigenvalue weighted by Gasteiger charge is -2.04. The molecule has 0 spiro atoms. The number of hydrogen-bond donors (Lipinski definition) is 1. The predicted octanol–water partition coefficient (Wildman–Crippen LogP) is 3.74. The van der Waals surface area contributed by atoms with Crippen molar-refractivity contribution in [2.45, 2.75) is 0 Å². The van der Waals surface area contributed by atoms with Crippen LogP contribution in [0, 0.1) is 11.6 Å². The van der Waals surface area contributed by atoms with Gasteiger partial charge in [-0.1, -0.05) is 6.07 Å². The maximum absolute atomic E-state index is 13.5. The number of carbonyl (C=O) groups excluding carboxylic acids is 1. The van der Waals surface area contributed by atoms with Crippen molar-refractivity contribution >= 4 is 22.4 Å². The zero-order valence-corrected chi connectivity index (χ0v) is 11.9. The number of aromatic nitrogens is 2. The van der Waals surface area contributed by atoms with Crippen molar-refractivity contribution in [3.8, 4) is 11.3 Å². The van der Waals surface area contributed by atoms with Crippen LogP contribution >= 0.6 is 11.3 Å². The van der Waals surface area contributed by atoms with Gasteiger partial charge in [0, 0.05) is 23.3 Å². The van der Waals surface area contributed by atoms with Crippen LogP contribution in [-0.4, -0.2) is 15.9 Å². The van der Waals surface area contributed by atoms with Crippen molar-refractivity contribution in [3.63, 3.8) is 0 Å². The molecular weight excluding hydrogens is 308 g/mol. The largest absolute Gasteiger partial charge is 0.298 e. The predicted molar refractivity (Wildman–Crippen MR) is 79.7 cm³/mol. The standard InChI is InChI=1S/C15H9F2N3OS/c16-10-2-1-3-11(17)13(10)14(21)20-15-19-12(8-22-15)9-4-6-18-7-5-9/h1-8H,(H,19,20,21). The maximum Gasteiger partial charge on any atom is 0.263 e. The van der Waals surface area contributed by atoms with Crippen LogP contribution in [0.3, 0.4) is 0 Å². The second-order valence-electron chi connectivity index (χ2n) is 4.32. The summed E-state index contributed by atoms with van der Waals surface area (Å²) in [4.78, 5) is 20.1. The summed E-state index contributed by atoms with van der Waals surface area (Å²) in [6, 6.07) is 6.81. The van der Waals surface area contributed by atoms with Crippen LogP contribution in [0.2, 0.25) is 0 Å². The molecule has 2 heterocycles. The van der Waals surface area contributed by atoms with Gasteiger partial charge in [-0.25, -0.2) is 13.8 Å². The minimum atomic E-state index is -0.914. The summed E-state index contributed by atoms with van der Waals surface area (Å²) < 4.78 is 27.1. The van der Waals surface area contributed by atoms with Gasteiger partial charge in [-0.15, -0.1) is 11.3 Å². The van der Waals surface area contributed by atoms with E-state index in [1.54, 1.807) is 29.9 Å². The number of thiazole rings is 1. The van der Waals surface area contributed by atoms with Crippen LogP contribution in [-0.2, 0) is 0 Å². The molecule has 0 saturated carbocycles. The van der Waals surface area contributed by atoms with Gasteiger partial charge in [0.25, 0.3) is 5.91 Å². The van der Waals surface area contributed by atoms with E-state index in [0.717, 1.165) is 17.7 Å².